The molecular formula is C15H11O3S2-. The second-order valence-electron chi connectivity index (χ2n) is 3.92. The third kappa shape index (κ3) is 3.59. The predicted molar refractivity (Wildman–Crippen MR) is 80.2 cm³/mol. The van der Waals surface area contributed by atoms with Crippen molar-refractivity contribution < 1.29 is 14.7 Å². The molecule has 0 aliphatic carbocycles. The van der Waals surface area contributed by atoms with Crippen molar-refractivity contribution in [1.29, 1.82) is 0 Å². The number of aromatic carboxylic acids is 1. The molecule has 0 atom stereocenters. The number of carboxylic acid groups (broad SMARTS) is 1. The van der Waals surface area contributed by atoms with Crippen LogP contribution in [0.1, 0.15) is 24.9 Å². The van der Waals surface area contributed by atoms with Gasteiger partial charge in [-0.1, -0.05) is 18.2 Å². The SMILES string of the molecule is CSc1ccc(/C=C/C(=O)c2ccc(C(=O)[O-])s2)cc1. The van der Waals surface area contributed by atoms with Gasteiger partial charge >= 0.3 is 0 Å². The van der Waals surface area contributed by atoms with Crippen LogP contribution in [0.5, 0.6) is 0 Å². The Kier molecular flexibility index (Phi) is 4.76. The number of carbonyl (C=O) groups is 2. The standard InChI is InChI=1S/C15H12O3S2/c1-19-11-5-2-10(3-6-11)4-7-12(16)13-8-9-14(20-13)15(17)18/h2-9H,1H3,(H,17,18)/p-1/b7-4+. The Morgan fingerprint density at radius 2 is 1.75 bits per heavy atom. The molecule has 5 heteroatoms. The Morgan fingerprint density at radius 3 is 2.30 bits per heavy atom. The third-order valence-corrected chi connectivity index (χ3v) is 4.42. The molecule has 20 heavy (non-hydrogen) atoms. The van der Waals surface area contributed by atoms with Crippen molar-refractivity contribution in [3.8, 4) is 0 Å². The number of hydrogen-bond donors (Lipinski definition) is 0. The summed E-state index contributed by atoms with van der Waals surface area (Å²) in [5.74, 6) is -1.47. The lowest BCUT2D eigenvalue weighted by atomic mass is 10.2. The lowest BCUT2D eigenvalue weighted by Gasteiger charge is -1.97. The molecule has 0 saturated heterocycles. The summed E-state index contributed by atoms with van der Waals surface area (Å²) < 4.78 is 0. The van der Waals surface area contributed by atoms with E-state index in [0.29, 0.717) is 4.88 Å². The Morgan fingerprint density at radius 1 is 1.10 bits per heavy atom. The van der Waals surface area contributed by atoms with Crippen LogP contribution in [0.3, 0.4) is 0 Å². The van der Waals surface area contributed by atoms with Crippen LogP contribution in [-0.2, 0) is 0 Å². The monoisotopic (exact) mass is 303 g/mol. The second-order valence-corrected chi connectivity index (χ2v) is 5.89. The molecule has 0 N–H and O–H groups in total. The van der Waals surface area contributed by atoms with Crippen LogP contribution in [-0.4, -0.2) is 18.0 Å². The largest absolute Gasteiger partial charge is 0.544 e. The summed E-state index contributed by atoms with van der Waals surface area (Å²) in [6, 6.07) is 10.7. The molecule has 0 spiro atoms. The zero-order chi connectivity index (χ0) is 14.5. The van der Waals surface area contributed by atoms with Gasteiger partial charge in [-0.05, 0) is 42.2 Å². The van der Waals surface area contributed by atoms with Crippen LogP contribution < -0.4 is 5.11 Å². The highest BCUT2D eigenvalue weighted by atomic mass is 32.2. The van der Waals surface area contributed by atoms with Gasteiger partial charge in [0.2, 0.25) is 0 Å². The molecule has 1 aromatic carbocycles. The fourth-order valence-corrected chi connectivity index (χ4v) is 2.72. The van der Waals surface area contributed by atoms with Crippen LogP contribution >= 0.6 is 23.1 Å². The van der Waals surface area contributed by atoms with Crippen LogP contribution in [0.2, 0.25) is 0 Å². The minimum Gasteiger partial charge on any atom is -0.544 e. The zero-order valence-electron chi connectivity index (χ0n) is 10.7. The minimum absolute atomic E-state index is 0.0612. The average Bonchev–Trinajstić information content (AvgIpc) is 2.95. The van der Waals surface area contributed by atoms with E-state index < -0.39 is 5.97 Å². The number of ketones is 1. The Bertz CT molecular complexity index is 654. The van der Waals surface area contributed by atoms with E-state index in [1.807, 2.05) is 30.5 Å². The summed E-state index contributed by atoms with van der Waals surface area (Å²) in [4.78, 5) is 24.1. The highest BCUT2D eigenvalue weighted by Gasteiger charge is 2.06. The van der Waals surface area contributed by atoms with Crippen molar-refractivity contribution in [2.45, 2.75) is 4.90 Å². The molecule has 0 bridgehead atoms. The number of carboxylic acids is 1. The van der Waals surface area contributed by atoms with Crippen molar-refractivity contribution in [2.24, 2.45) is 0 Å². The summed E-state index contributed by atoms with van der Waals surface area (Å²) >= 11 is 2.58. The molecule has 3 nitrogen and oxygen atoms in total. The summed E-state index contributed by atoms with van der Waals surface area (Å²) in [7, 11) is 0. The maximum absolute atomic E-state index is 11.9. The molecule has 0 unspecified atom stereocenters. The van der Waals surface area contributed by atoms with Crippen molar-refractivity contribution in [3.63, 3.8) is 0 Å². The zero-order valence-corrected chi connectivity index (χ0v) is 12.3. The summed E-state index contributed by atoms with van der Waals surface area (Å²) in [6.45, 7) is 0. The van der Waals surface area contributed by atoms with Gasteiger partial charge in [0.15, 0.2) is 5.78 Å². The molecule has 2 rings (SSSR count). The Hall–Kier alpha value is -1.85. The van der Waals surface area contributed by atoms with Gasteiger partial charge in [0.05, 0.1) is 15.7 Å². The van der Waals surface area contributed by atoms with Gasteiger partial charge in [0.25, 0.3) is 0 Å². The smallest absolute Gasteiger partial charge is 0.195 e. The van der Waals surface area contributed by atoms with Crippen LogP contribution in [0.25, 0.3) is 6.08 Å². The van der Waals surface area contributed by atoms with Gasteiger partial charge in [-0.25, -0.2) is 0 Å². The fraction of sp³-hybridized carbons (Fsp3) is 0.0667. The van der Waals surface area contributed by atoms with E-state index in [4.69, 9.17) is 0 Å². The van der Waals surface area contributed by atoms with Gasteiger partial charge < -0.3 is 9.90 Å². The molecule has 0 radical (unpaired) electrons. The second kappa shape index (κ2) is 6.54. The highest BCUT2D eigenvalue weighted by molar-refractivity contribution is 7.98. The number of rotatable bonds is 5. The molecular weight excluding hydrogens is 292 g/mol. The van der Waals surface area contributed by atoms with Crippen LogP contribution in [0.15, 0.2) is 47.4 Å². The van der Waals surface area contributed by atoms with Gasteiger partial charge in [-0.2, -0.15) is 0 Å². The van der Waals surface area contributed by atoms with Crippen molar-refractivity contribution in [3.05, 3.63) is 57.8 Å². The third-order valence-electron chi connectivity index (χ3n) is 2.59. The molecule has 0 aliphatic heterocycles. The number of benzene rings is 1. The first-order valence-corrected chi connectivity index (χ1v) is 7.82. The topological polar surface area (TPSA) is 57.2 Å². The number of carbonyl (C=O) groups excluding carboxylic acids is 2. The van der Waals surface area contributed by atoms with E-state index >= 15 is 0 Å². The van der Waals surface area contributed by atoms with E-state index in [1.165, 1.54) is 18.2 Å². The van der Waals surface area contributed by atoms with E-state index in [1.54, 1.807) is 17.8 Å². The number of hydrogen-bond acceptors (Lipinski definition) is 5. The van der Waals surface area contributed by atoms with Crippen LogP contribution in [0.4, 0.5) is 0 Å². The lowest BCUT2D eigenvalue weighted by Crippen LogP contribution is -2.20. The van der Waals surface area contributed by atoms with Crippen molar-refractivity contribution >= 4 is 40.9 Å². The Labute approximate surface area is 125 Å². The summed E-state index contributed by atoms with van der Waals surface area (Å²) in [5.41, 5.74) is 0.924. The predicted octanol–water partition coefficient (Wildman–Crippen LogP) is 2.73. The molecule has 1 heterocycles. The van der Waals surface area contributed by atoms with E-state index in [-0.39, 0.29) is 10.7 Å². The van der Waals surface area contributed by atoms with Gasteiger partial charge in [-0.3, -0.25) is 4.79 Å². The number of thiophene rings is 1. The molecule has 0 saturated carbocycles. The van der Waals surface area contributed by atoms with E-state index in [2.05, 4.69) is 0 Å². The minimum atomic E-state index is -1.26. The maximum Gasteiger partial charge on any atom is 0.195 e. The molecule has 102 valence electrons. The molecule has 1 aromatic heterocycles. The van der Waals surface area contributed by atoms with Crippen molar-refractivity contribution in [1.82, 2.24) is 0 Å². The quantitative estimate of drug-likeness (QED) is 0.484. The number of allylic oxidation sites excluding steroid dienone is 1. The van der Waals surface area contributed by atoms with E-state index in [0.717, 1.165) is 21.8 Å². The normalized spacial score (nSPS) is 10.8. The highest BCUT2D eigenvalue weighted by Crippen LogP contribution is 2.18. The first kappa shape index (κ1) is 14.6. The van der Waals surface area contributed by atoms with Crippen molar-refractivity contribution in [2.75, 3.05) is 6.26 Å². The molecule has 0 aliphatic rings. The van der Waals surface area contributed by atoms with Crippen LogP contribution in [0, 0.1) is 0 Å². The van der Waals surface area contributed by atoms with Gasteiger partial charge in [0.1, 0.15) is 0 Å². The molecule has 0 amide bonds. The van der Waals surface area contributed by atoms with Gasteiger partial charge in [0, 0.05) is 4.90 Å². The van der Waals surface area contributed by atoms with E-state index in [9.17, 15) is 14.7 Å². The molecule has 2 aromatic rings. The lowest BCUT2D eigenvalue weighted by molar-refractivity contribution is -0.254. The number of thioether (sulfide) groups is 1. The summed E-state index contributed by atoms with van der Waals surface area (Å²) in [5, 5.41) is 10.6. The first-order chi connectivity index (χ1) is 9.60. The molecule has 0 fully saturated rings. The maximum atomic E-state index is 11.9. The average molecular weight is 303 g/mol. The Balaban J connectivity index is 2.09. The van der Waals surface area contributed by atoms with Gasteiger partial charge in [-0.15, -0.1) is 23.1 Å². The fourth-order valence-electron chi connectivity index (χ4n) is 1.55. The first-order valence-electron chi connectivity index (χ1n) is 5.78. The summed E-state index contributed by atoms with van der Waals surface area (Å²) in [6.07, 6.45) is 5.16.